The number of thiophene rings is 1. The van der Waals surface area contributed by atoms with E-state index in [1.54, 1.807) is 40.4 Å². The van der Waals surface area contributed by atoms with Crippen molar-refractivity contribution in [1.29, 1.82) is 0 Å². The van der Waals surface area contributed by atoms with Crippen molar-refractivity contribution in [3.63, 3.8) is 0 Å². The number of halogens is 2. The fraction of sp³-hybridized carbons (Fsp3) is 0.105. The highest BCUT2D eigenvalue weighted by molar-refractivity contribution is 7.13. The number of carbonyl (C=O) groups excluding carboxylic acids is 1. The molecule has 1 amide bonds. The molecule has 0 saturated carbocycles. The smallest absolute Gasteiger partial charge is 0.246 e. The molecule has 5 nitrogen and oxygen atoms in total. The largest absolute Gasteiger partial charge is 0.324 e. The van der Waals surface area contributed by atoms with Crippen molar-refractivity contribution >= 4 is 57.2 Å². The maximum Gasteiger partial charge on any atom is 0.246 e. The van der Waals surface area contributed by atoms with Crippen LogP contribution in [0, 0.1) is 6.92 Å². The number of carbonyl (C=O) groups is 1. The van der Waals surface area contributed by atoms with Crippen LogP contribution in [0.3, 0.4) is 0 Å². The third-order valence-electron chi connectivity index (χ3n) is 4.09. The molecule has 1 aromatic carbocycles. The first kappa shape index (κ1) is 18.0. The summed E-state index contributed by atoms with van der Waals surface area (Å²) in [5.74, 6) is -0.221. The monoisotopic (exact) mass is 416 g/mol. The summed E-state index contributed by atoms with van der Waals surface area (Å²) in [5, 5.41) is 11.1. The van der Waals surface area contributed by atoms with Gasteiger partial charge in [0.2, 0.25) is 5.91 Å². The van der Waals surface area contributed by atoms with Crippen LogP contribution < -0.4 is 5.32 Å². The van der Waals surface area contributed by atoms with E-state index in [1.807, 2.05) is 24.4 Å². The Balaban J connectivity index is 1.63. The van der Waals surface area contributed by atoms with Gasteiger partial charge in [-0.3, -0.25) is 4.79 Å². The summed E-state index contributed by atoms with van der Waals surface area (Å²) < 4.78 is 1.62. The van der Waals surface area contributed by atoms with Gasteiger partial charge in [-0.1, -0.05) is 29.3 Å². The Morgan fingerprint density at radius 2 is 2.07 bits per heavy atom. The molecule has 1 N–H and O–H groups in total. The zero-order valence-corrected chi connectivity index (χ0v) is 16.6. The van der Waals surface area contributed by atoms with E-state index in [9.17, 15) is 4.79 Å². The summed E-state index contributed by atoms with van der Waals surface area (Å²) in [6.07, 6.45) is 1.74. The molecule has 0 atom stereocenters. The van der Waals surface area contributed by atoms with Crippen LogP contribution in [0.4, 0.5) is 5.69 Å². The van der Waals surface area contributed by atoms with Gasteiger partial charge in [0.1, 0.15) is 6.54 Å². The van der Waals surface area contributed by atoms with Crippen LogP contribution in [-0.2, 0) is 11.3 Å². The van der Waals surface area contributed by atoms with Crippen molar-refractivity contribution in [3.8, 4) is 10.4 Å². The standard InChI is InChI=1S/C19H14Cl2N4OS/c1-11-18-13(16-3-2-8-27-16)6-7-22-19(18)25(24-11)10-17(26)23-12-4-5-14(20)15(21)9-12/h2-9H,10H2,1H3,(H,23,26). The highest BCUT2D eigenvalue weighted by atomic mass is 35.5. The van der Waals surface area contributed by atoms with Crippen molar-refractivity contribution in [2.75, 3.05) is 5.32 Å². The minimum atomic E-state index is -0.221. The molecule has 0 aliphatic carbocycles. The number of aryl methyl sites for hydroxylation is 1. The fourth-order valence-corrected chi connectivity index (χ4v) is 4.00. The van der Waals surface area contributed by atoms with Crippen molar-refractivity contribution in [2.45, 2.75) is 13.5 Å². The Labute approximate surface area is 169 Å². The molecule has 136 valence electrons. The van der Waals surface area contributed by atoms with E-state index in [0.717, 1.165) is 21.5 Å². The molecular formula is C19H14Cl2N4OS. The Hall–Kier alpha value is -2.41. The molecule has 8 heteroatoms. The molecule has 0 saturated heterocycles. The zero-order valence-electron chi connectivity index (χ0n) is 14.2. The fourth-order valence-electron chi connectivity index (χ4n) is 2.94. The van der Waals surface area contributed by atoms with Crippen molar-refractivity contribution < 1.29 is 4.79 Å². The summed E-state index contributed by atoms with van der Waals surface area (Å²) in [6, 6.07) is 11.0. The van der Waals surface area contributed by atoms with E-state index in [0.29, 0.717) is 21.4 Å². The number of amides is 1. The second-order valence-corrected chi connectivity index (χ2v) is 7.72. The minimum Gasteiger partial charge on any atom is -0.324 e. The lowest BCUT2D eigenvalue weighted by atomic mass is 10.1. The molecule has 3 aromatic heterocycles. The first-order valence-corrected chi connectivity index (χ1v) is 9.77. The van der Waals surface area contributed by atoms with E-state index in [2.05, 4.69) is 21.5 Å². The van der Waals surface area contributed by atoms with Crippen LogP contribution in [0.2, 0.25) is 10.0 Å². The summed E-state index contributed by atoms with van der Waals surface area (Å²) in [4.78, 5) is 18.1. The van der Waals surface area contributed by atoms with Gasteiger partial charge in [-0.15, -0.1) is 11.3 Å². The quantitative estimate of drug-likeness (QED) is 0.483. The van der Waals surface area contributed by atoms with Crippen molar-refractivity contribution in [2.24, 2.45) is 0 Å². The Morgan fingerprint density at radius 1 is 1.22 bits per heavy atom. The lowest BCUT2D eigenvalue weighted by Crippen LogP contribution is -2.19. The Kier molecular flexibility index (Phi) is 4.86. The van der Waals surface area contributed by atoms with Crippen LogP contribution in [0.1, 0.15) is 5.69 Å². The maximum atomic E-state index is 12.5. The molecule has 0 spiro atoms. The lowest BCUT2D eigenvalue weighted by molar-refractivity contribution is -0.116. The molecule has 3 heterocycles. The van der Waals surface area contributed by atoms with Gasteiger partial charge >= 0.3 is 0 Å². The average Bonchev–Trinajstić information content (AvgIpc) is 3.27. The highest BCUT2D eigenvalue weighted by Gasteiger charge is 2.16. The van der Waals surface area contributed by atoms with E-state index in [1.165, 1.54) is 0 Å². The van der Waals surface area contributed by atoms with Crippen LogP contribution >= 0.6 is 34.5 Å². The van der Waals surface area contributed by atoms with Crippen molar-refractivity contribution in [1.82, 2.24) is 14.8 Å². The predicted molar refractivity (Wildman–Crippen MR) is 111 cm³/mol. The van der Waals surface area contributed by atoms with E-state index in [4.69, 9.17) is 23.2 Å². The number of fused-ring (bicyclic) bond motifs is 1. The highest BCUT2D eigenvalue weighted by Crippen LogP contribution is 2.32. The normalized spacial score (nSPS) is 11.1. The lowest BCUT2D eigenvalue weighted by Gasteiger charge is -2.07. The molecule has 4 aromatic rings. The van der Waals surface area contributed by atoms with Crippen molar-refractivity contribution in [3.05, 3.63) is 63.7 Å². The second-order valence-electron chi connectivity index (χ2n) is 5.95. The number of anilines is 1. The van der Waals surface area contributed by atoms with Gasteiger partial charge in [-0.2, -0.15) is 5.10 Å². The van der Waals surface area contributed by atoms with Gasteiger partial charge in [0.15, 0.2) is 5.65 Å². The van der Waals surface area contributed by atoms with E-state index >= 15 is 0 Å². The zero-order chi connectivity index (χ0) is 19.0. The number of pyridine rings is 1. The summed E-state index contributed by atoms with van der Waals surface area (Å²) in [7, 11) is 0. The molecule has 0 fully saturated rings. The summed E-state index contributed by atoms with van der Waals surface area (Å²) in [6.45, 7) is 1.97. The number of hydrogen-bond donors (Lipinski definition) is 1. The summed E-state index contributed by atoms with van der Waals surface area (Å²) in [5.41, 5.74) is 3.17. The van der Waals surface area contributed by atoms with Gasteiger partial charge in [0, 0.05) is 22.3 Å². The van der Waals surface area contributed by atoms with Crippen LogP contribution in [0.25, 0.3) is 21.5 Å². The first-order valence-electron chi connectivity index (χ1n) is 8.14. The topological polar surface area (TPSA) is 59.8 Å². The Morgan fingerprint density at radius 3 is 2.81 bits per heavy atom. The number of nitrogens with zero attached hydrogens (tertiary/aromatic N) is 3. The molecule has 0 radical (unpaired) electrons. The number of aromatic nitrogens is 3. The van der Waals surface area contributed by atoms with Gasteiger partial charge in [-0.05, 0) is 42.6 Å². The van der Waals surface area contributed by atoms with Gasteiger partial charge in [0.05, 0.1) is 21.1 Å². The van der Waals surface area contributed by atoms with Gasteiger partial charge in [0.25, 0.3) is 0 Å². The molecule has 0 unspecified atom stereocenters. The second kappa shape index (κ2) is 7.31. The number of benzene rings is 1. The third kappa shape index (κ3) is 3.56. The molecular weight excluding hydrogens is 403 g/mol. The van der Waals surface area contributed by atoms with Gasteiger partial charge < -0.3 is 5.32 Å². The third-order valence-corrected chi connectivity index (χ3v) is 5.73. The molecule has 0 bridgehead atoms. The molecule has 0 aliphatic rings. The Bertz CT molecular complexity index is 1140. The predicted octanol–water partition coefficient (Wildman–Crippen LogP) is 5.41. The van der Waals surface area contributed by atoms with E-state index < -0.39 is 0 Å². The maximum absolute atomic E-state index is 12.5. The van der Waals surface area contributed by atoms with E-state index in [-0.39, 0.29) is 12.5 Å². The number of hydrogen-bond acceptors (Lipinski definition) is 4. The van der Waals surface area contributed by atoms with Crippen LogP contribution in [0.15, 0.2) is 48.0 Å². The van der Waals surface area contributed by atoms with Gasteiger partial charge in [-0.25, -0.2) is 9.67 Å². The molecule has 4 rings (SSSR count). The number of nitrogens with one attached hydrogen (secondary N) is 1. The summed E-state index contributed by atoms with van der Waals surface area (Å²) >= 11 is 13.6. The minimum absolute atomic E-state index is 0.0471. The molecule has 0 aliphatic heterocycles. The molecule has 27 heavy (non-hydrogen) atoms. The number of rotatable bonds is 4. The van der Waals surface area contributed by atoms with Crippen LogP contribution in [-0.4, -0.2) is 20.7 Å². The average molecular weight is 417 g/mol. The van der Waals surface area contributed by atoms with Crippen LogP contribution in [0.5, 0.6) is 0 Å². The SMILES string of the molecule is Cc1nn(CC(=O)Nc2ccc(Cl)c(Cl)c2)c2nccc(-c3cccs3)c12. The first-order chi connectivity index (χ1) is 13.0.